The maximum Gasteiger partial charge on any atom is 0.306 e. The average Bonchev–Trinajstić information content (AvgIpc) is 1.25. The first-order valence-electron chi connectivity index (χ1n) is 34.8. The number of ketones is 5. The normalized spacial score (nSPS) is 17.1. The molecule has 31 nitrogen and oxygen atoms in total. The van der Waals surface area contributed by atoms with Gasteiger partial charge in [0.15, 0.2) is 28.9 Å². The van der Waals surface area contributed by atoms with Gasteiger partial charge in [0.25, 0.3) is 5.56 Å². The van der Waals surface area contributed by atoms with Crippen LogP contribution in [0.1, 0.15) is 160 Å². The monoisotopic (exact) mass is 1480 g/mol. The predicted molar refractivity (Wildman–Crippen MR) is 381 cm³/mol. The zero-order valence-corrected chi connectivity index (χ0v) is 60.8. The second-order valence-electron chi connectivity index (χ2n) is 27.3. The van der Waals surface area contributed by atoms with Gasteiger partial charge in [-0.15, -0.1) is 0 Å². The van der Waals surface area contributed by atoms with Crippen molar-refractivity contribution in [3.63, 3.8) is 0 Å². The maximum absolute atomic E-state index is 14.4. The van der Waals surface area contributed by atoms with Crippen LogP contribution in [0.2, 0.25) is 0 Å². The number of ether oxygens (including phenoxy) is 3. The molecular formula is C71H94N12O19S2. The van der Waals surface area contributed by atoms with Gasteiger partial charge in [0, 0.05) is 122 Å². The van der Waals surface area contributed by atoms with Crippen molar-refractivity contribution in [2.24, 2.45) is 46.8 Å². The van der Waals surface area contributed by atoms with Crippen LogP contribution in [0.25, 0.3) is 22.3 Å². The first-order chi connectivity index (χ1) is 49.4. The van der Waals surface area contributed by atoms with E-state index in [4.69, 9.17) is 36.4 Å². The second kappa shape index (κ2) is 38.6. The van der Waals surface area contributed by atoms with E-state index >= 15 is 0 Å². The summed E-state index contributed by atoms with van der Waals surface area (Å²) < 4.78 is 19.4. The Labute approximate surface area is 608 Å². The lowest BCUT2D eigenvalue weighted by Gasteiger charge is -2.50. The Balaban J connectivity index is 0.919. The number of hydrogen-bond donors (Lipinski definition) is 10. The van der Waals surface area contributed by atoms with Crippen molar-refractivity contribution in [3.8, 4) is 11.4 Å². The molecule has 4 aromatic rings. The van der Waals surface area contributed by atoms with Crippen molar-refractivity contribution < 1.29 is 86.4 Å². The number of nitrogens with two attached hydrogens (primary N) is 3. The van der Waals surface area contributed by atoms with Crippen LogP contribution < -0.4 is 49.3 Å². The highest BCUT2D eigenvalue weighted by Crippen LogP contribution is 2.47. The molecule has 3 aliphatic heterocycles. The molecule has 3 aromatic heterocycles. The van der Waals surface area contributed by atoms with Crippen LogP contribution in [0.3, 0.4) is 0 Å². The van der Waals surface area contributed by atoms with E-state index in [1.165, 1.54) is 41.0 Å². The second-order valence-corrected chi connectivity index (χ2v) is 29.9. The number of Topliss-reactive ketones (excluding diaryl/α,β-unsaturated/α-hetero) is 5. The standard InChI is InChI=1S/C71H94N12O19S2/c1-37(2)46(68(98)79-50(17-20-60(74)91)56(87)26-43(16-19-59(73)90)67(97)81-52(27-45-31-75-36-76-45)57(88)25-42(13-9-10-22-72)66(96)80-51(39(5)84)30-62(93)94)28-58(89)64(38(3)4)82-61(92)21-18-55(86)53(77-40(6)85)34-104-103-23-11-15-63(95)102-71-35-101-70(71)100-33-47-48(71)29-54-65-44(32-83(54)69(47)99)24-41-12-7-8-14-49(41)78-65/h7-8,12,14,24,29,31,36-38,42-43,46,50-53,64,70H,9-11,13,15-23,25-28,30,32-35,72H2,1-6H3,(H2,73,90)(H2,74,91)(H,75,76)(H,77,85)(H,79,98)(H,80,96)(H,81,97)(H,82,92)(H,93,94)/t42-,43-,46?,50+,51?,52+,53?,64+,70?,71?/m1/s1. The molecule has 0 radical (unpaired) electrons. The summed E-state index contributed by atoms with van der Waals surface area (Å²) in [7, 11) is 2.62. The number of benzene rings is 1. The number of carboxylic acids is 1. The highest BCUT2D eigenvalue weighted by molar-refractivity contribution is 8.76. The molecule has 7 amide bonds. The summed E-state index contributed by atoms with van der Waals surface area (Å²) in [6.07, 6.45) is -1.73. The van der Waals surface area contributed by atoms with E-state index in [-0.39, 0.29) is 76.0 Å². The Bertz CT molecular complexity index is 3920. The Kier molecular flexibility index (Phi) is 30.5. The van der Waals surface area contributed by atoms with Gasteiger partial charge < -0.3 is 72.7 Å². The Morgan fingerprint density at radius 3 is 2.01 bits per heavy atom. The third kappa shape index (κ3) is 22.7. The van der Waals surface area contributed by atoms with E-state index in [1.807, 2.05) is 36.4 Å². The molecule has 0 saturated carbocycles. The van der Waals surface area contributed by atoms with Crippen LogP contribution in [0, 0.1) is 29.6 Å². The number of nitrogens with zero attached hydrogens (tertiary/aromatic N) is 3. The van der Waals surface area contributed by atoms with Crippen molar-refractivity contribution in [2.75, 3.05) is 24.7 Å². The summed E-state index contributed by atoms with van der Waals surface area (Å²) in [5.41, 5.74) is 19.4. The molecule has 3 aliphatic rings. The van der Waals surface area contributed by atoms with E-state index in [9.17, 15) is 77.0 Å². The van der Waals surface area contributed by atoms with Crippen molar-refractivity contribution >= 4 is 115 Å². The molecule has 10 atom stereocenters. The number of amides is 7. The fraction of sp³-hybridized carbons (Fsp3) is 0.563. The fourth-order valence-electron chi connectivity index (χ4n) is 12.7. The SMILES string of the molecule is CC(=O)NC(CSSCCCC(=O)OC12COC1OCc1c2cc2n(c1=O)Cc1cc3ccccc3nc1-2)C(=O)CCC(=O)N[C@H](C(=O)CC(C(=O)N[C@@H](CCC(N)=O)C(=O)C[C@@H](CCC(N)=O)C(=O)N[C@@H](Cc1cnc[nH]1)C(=O)C[C@@H](CCCCN)C(=O)NC(CC(=O)O)C(C)=O)C(C)C)C(C)C. The number of para-hydroxylation sites is 1. The average molecular weight is 1480 g/mol. The number of imidazole rings is 1. The van der Waals surface area contributed by atoms with E-state index < -0.39 is 192 Å². The van der Waals surface area contributed by atoms with Crippen LogP contribution in [0.4, 0.5) is 0 Å². The maximum atomic E-state index is 14.4. The van der Waals surface area contributed by atoms with Crippen molar-refractivity contribution in [2.45, 2.75) is 200 Å². The number of fused-ring (bicyclic) bond motifs is 7. The molecule has 13 N–H and O–H groups in total. The lowest BCUT2D eigenvalue weighted by atomic mass is 9.84. The smallest absolute Gasteiger partial charge is 0.306 e. The van der Waals surface area contributed by atoms with Gasteiger partial charge in [-0.05, 0) is 75.6 Å². The number of carboxylic acid groups (broad SMARTS) is 1. The number of unbranched alkanes of at least 4 members (excludes halogenated alkanes) is 1. The van der Waals surface area contributed by atoms with Gasteiger partial charge in [-0.1, -0.05) is 73.9 Å². The third-order valence-electron chi connectivity index (χ3n) is 18.6. The number of H-pyrrole nitrogens is 1. The zero-order valence-electron chi connectivity index (χ0n) is 59.2. The summed E-state index contributed by atoms with van der Waals surface area (Å²) >= 11 is 0. The number of hydrogen-bond acceptors (Lipinski definition) is 23. The molecular weight excluding hydrogens is 1390 g/mol. The number of carbonyl (C=O) groups excluding carboxylic acids is 13. The largest absolute Gasteiger partial charge is 0.481 e. The number of esters is 1. The number of aliphatic carboxylic acids is 1. The van der Waals surface area contributed by atoms with Gasteiger partial charge in [-0.2, -0.15) is 0 Å². The molecule has 104 heavy (non-hydrogen) atoms. The lowest BCUT2D eigenvalue weighted by molar-refractivity contribution is -0.358. The van der Waals surface area contributed by atoms with Crippen molar-refractivity contribution in [1.29, 1.82) is 0 Å². The van der Waals surface area contributed by atoms with Gasteiger partial charge >= 0.3 is 11.9 Å². The highest BCUT2D eigenvalue weighted by atomic mass is 33.1. The minimum absolute atomic E-state index is 0.00221. The van der Waals surface area contributed by atoms with Crippen LogP contribution in [0.5, 0.6) is 0 Å². The summed E-state index contributed by atoms with van der Waals surface area (Å²) in [6, 6.07) is 5.10. The lowest BCUT2D eigenvalue weighted by Crippen LogP contribution is -2.62. The number of aromatic nitrogens is 4. The van der Waals surface area contributed by atoms with Gasteiger partial charge in [0.05, 0.1) is 85.2 Å². The number of primary amides is 2. The van der Waals surface area contributed by atoms with Crippen molar-refractivity contribution in [3.05, 3.63) is 81.7 Å². The molecule has 1 aromatic carbocycles. The number of carbonyl (C=O) groups is 14. The van der Waals surface area contributed by atoms with Crippen molar-refractivity contribution in [1.82, 2.24) is 46.1 Å². The summed E-state index contributed by atoms with van der Waals surface area (Å²) in [6.45, 7) is 9.52. The Hall–Kier alpha value is -9.05. The highest BCUT2D eigenvalue weighted by Gasteiger charge is 2.59. The van der Waals surface area contributed by atoms with Gasteiger partial charge in [-0.3, -0.25) is 71.9 Å². The molecule has 1 saturated heterocycles. The van der Waals surface area contributed by atoms with Crippen LogP contribution in [-0.2, 0) is 107 Å². The van der Waals surface area contributed by atoms with Crippen LogP contribution in [0.15, 0.2) is 53.7 Å². The molecule has 564 valence electrons. The van der Waals surface area contributed by atoms with Crippen LogP contribution in [-0.4, -0.2) is 168 Å². The molecule has 1 fully saturated rings. The molecule has 5 unspecified atom stereocenters. The van der Waals surface area contributed by atoms with E-state index in [2.05, 4.69) is 36.6 Å². The quantitative estimate of drug-likeness (QED) is 0.0152. The summed E-state index contributed by atoms with van der Waals surface area (Å²) in [5, 5.41) is 23.4. The molecule has 0 bridgehead atoms. The topological polar surface area (TPSA) is 489 Å². The molecule has 0 spiro atoms. The van der Waals surface area contributed by atoms with Gasteiger partial charge in [0.1, 0.15) is 0 Å². The molecule has 7 rings (SSSR count). The minimum atomic E-state index is -1.50. The first kappa shape index (κ1) is 82.2. The summed E-state index contributed by atoms with van der Waals surface area (Å²) in [4.78, 5) is 212. The van der Waals surface area contributed by atoms with Gasteiger partial charge in [0.2, 0.25) is 53.2 Å². The summed E-state index contributed by atoms with van der Waals surface area (Å²) in [5.74, 6) is -14.6. The van der Waals surface area contributed by atoms with E-state index in [0.29, 0.717) is 59.8 Å². The first-order valence-corrected chi connectivity index (χ1v) is 37.3. The number of pyridine rings is 2. The number of aromatic amines is 1. The molecule has 6 heterocycles. The van der Waals surface area contributed by atoms with E-state index in [0.717, 1.165) is 23.4 Å². The minimum Gasteiger partial charge on any atom is -0.481 e. The van der Waals surface area contributed by atoms with Gasteiger partial charge in [-0.25, -0.2) is 9.97 Å². The van der Waals surface area contributed by atoms with E-state index in [1.54, 1.807) is 32.3 Å². The Morgan fingerprint density at radius 2 is 1.38 bits per heavy atom. The van der Waals surface area contributed by atoms with Crippen LogP contribution >= 0.6 is 21.6 Å². The zero-order chi connectivity index (χ0) is 76.1. The predicted octanol–water partition coefficient (Wildman–Crippen LogP) is 2.73. The fourth-order valence-corrected chi connectivity index (χ4v) is 15.0. The molecule has 0 aliphatic carbocycles. The number of rotatable bonds is 46. The third-order valence-corrected chi connectivity index (χ3v) is 21.1. The number of nitrogens with one attached hydrogen (secondary N) is 6. The molecule has 33 heteroatoms. The Morgan fingerprint density at radius 1 is 0.712 bits per heavy atom.